The van der Waals surface area contributed by atoms with Gasteiger partial charge in [0.15, 0.2) is 0 Å². The van der Waals surface area contributed by atoms with E-state index in [1.165, 1.54) is 0 Å². The Kier molecular flexibility index (Phi) is 3.29. The summed E-state index contributed by atoms with van der Waals surface area (Å²) in [4.78, 5) is 13.8. The molecular weight excluding hydrogens is 318 g/mol. The number of amides is 1. The molecule has 20 heavy (non-hydrogen) atoms. The van der Waals surface area contributed by atoms with Crippen molar-refractivity contribution in [2.45, 2.75) is 45.1 Å². The van der Waals surface area contributed by atoms with Crippen molar-refractivity contribution in [3.63, 3.8) is 0 Å². The van der Waals surface area contributed by atoms with Crippen LogP contribution in [0.5, 0.6) is 0 Å². The Labute approximate surface area is 135 Å². The molecule has 0 radical (unpaired) electrons. The first kappa shape index (κ1) is 10.7. The third kappa shape index (κ3) is 4.23. The minimum Gasteiger partial charge on any atom is -0.444 e. The van der Waals surface area contributed by atoms with Gasteiger partial charge >= 0.3 is 6.09 Å². The minimum atomic E-state index is -0.536. The molecule has 110 valence electrons. The summed E-state index contributed by atoms with van der Waals surface area (Å²) in [6.45, 7) is 6.46. The van der Waals surface area contributed by atoms with Gasteiger partial charge in [-0.3, -0.25) is 0 Å². The van der Waals surface area contributed by atoms with Gasteiger partial charge in [0.2, 0.25) is 0 Å². The average molecular weight is 344 g/mol. The first-order chi connectivity index (χ1) is 11.0. The largest absolute Gasteiger partial charge is 0.444 e. The number of piperidine rings is 1. The van der Waals surface area contributed by atoms with Crippen molar-refractivity contribution in [2.75, 3.05) is 13.1 Å². The Morgan fingerprint density at radius 3 is 2.65 bits per heavy atom. The van der Waals surface area contributed by atoms with E-state index >= 15 is 0 Å². The van der Waals surface area contributed by atoms with Crippen LogP contribution in [0.4, 0.5) is 4.79 Å². The number of carbonyl (C=O) groups is 1. The summed E-state index contributed by atoms with van der Waals surface area (Å²) in [5, 5.41) is 0. The lowest BCUT2D eigenvalue weighted by atomic mass is 9.90. The number of halogens is 1. The van der Waals surface area contributed by atoms with Crippen LogP contribution in [0, 0.1) is 0 Å². The van der Waals surface area contributed by atoms with Crippen molar-refractivity contribution in [1.82, 2.24) is 4.90 Å². The lowest BCUT2D eigenvalue weighted by Gasteiger charge is -2.33. The van der Waals surface area contributed by atoms with Crippen molar-refractivity contribution in [3.8, 4) is 0 Å². The third-order valence-electron chi connectivity index (χ3n) is 3.17. The lowest BCUT2D eigenvalue weighted by Crippen LogP contribution is -2.41. The minimum absolute atomic E-state index is 0.0519. The summed E-state index contributed by atoms with van der Waals surface area (Å²) >= 11 is 3.19. The van der Waals surface area contributed by atoms with E-state index in [2.05, 4.69) is 15.9 Å². The van der Waals surface area contributed by atoms with Crippen LogP contribution in [0.3, 0.4) is 0 Å². The Bertz CT molecular complexity index is 623. The Morgan fingerprint density at radius 1 is 1.40 bits per heavy atom. The summed E-state index contributed by atoms with van der Waals surface area (Å²) in [6.07, 6.45) is 0.877. The summed E-state index contributed by atoms with van der Waals surface area (Å²) in [7, 11) is 0. The molecule has 1 saturated heterocycles. The third-order valence-corrected chi connectivity index (χ3v) is 3.57. The van der Waals surface area contributed by atoms with Gasteiger partial charge < -0.3 is 9.64 Å². The Morgan fingerprint density at radius 2 is 2.05 bits per heavy atom. The van der Waals surface area contributed by atoms with Crippen molar-refractivity contribution in [2.24, 2.45) is 0 Å². The highest BCUT2D eigenvalue weighted by Gasteiger charge is 2.27. The average Bonchev–Trinajstić information content (AvgIpc) is 2.50. The van der Waals surface area contributed by atoms with Crippen LogP contribution in [-0.4, -0.2) is 29.7 Å². The van der Waals surface area contributed by atoms with E-state index in [-0.39, 0.29) is 40.7 Å². The number of ether oxygens (including phenoxy) is 1. The molecule has 3 nitrogen and oxygen atoms in total. The molecule has 1 aromatic carbocycles. The number of nitrogens with zero attached hydrogens (tertiary/aromatic N) is 1. The highest BCUT2D eigenvalue weighted by Crippen LogP contribution is 2.30. The quantitative estimate of drug-likeness (QED) is 0.747. The highest BCUT2D eigenvalue weighted by molar-refractivity contribution is 9.10. The molecule has 1 heterocycles. The van der Waals surface area contributed by atoms with E-state index in [4.69, 9.17) is 10.2 Å². The molecule has 0 unspecified atom stereocenters. The fourth-order valence-electron chi connectivity index (χ4n) is 2.22. The van der Waals surface area contributed by atoms with Crippen LogP contribution in [0.2, 0.25) is 0 Å². The summed E-state index contributed by atoms with van der Waals surface area (Å²) in [5.41, 5.74) is -0.0438. The van der Waals surface area contributed by atoms with Crippen LogP contribution in [0.25, 0.3) is 0 Å². The summed E-state index contributed by atoms with van der Waals surface area (Å²) in [5.74, 6) is -0.0651. The van der Waals surface area contributed by atoms with Crippen molar-refractivity contribution < 1.29 is 15.0 Å². The molecule has 0 bridgehead atoms. The maximum absolute atomic E-state index is 12.1. The zero-order chi connectivity index (χ0) is 18.2. The zero-order valence-corrected chi connectivity index (χ0v) is 13.6. The zero-order valence-electron chi connectivity index (χ0n) is 16.0. The SMILES string of the molecule is [2H]c1c([2H])c(Br)c([2H])c(C2CCN(C(=O)OC(C)(C)C)CC2)c1[2H]. The van der Waals surface area contributed by atoms with E-state index in [9.17, 15) is 4.79 Å². The first-order valence-electron chi connectivity index (χ1n) is 8.76. The van der Waals surface area contributed by atoms with E-state index in [1.54, 1.807) is 4.90 Å². The van der Waals surface area contributed by atoms with Crippen molar-refractivity contribution in [3.05, 3.63) is 34.2 Å². The van der Waals surface area contributed by atoms with E-state index < -0.39 is 5.60 Å². The van der Waals surface area contributed by atoms with Crippen molar-refractivity contribution in [1.29, 1.82) is 0 Å². The Balaban J connectivity index is 2.15. The molecule has 1 aromatic rings. The van der Waals surface area contributed by atoms with E-state index in [0.29, 0.717) is 31.5 Å². The van der Waals surface area contributed by atoms with E-state index in [0.717, 1.165) is 0 Å². The van der Waals surface area contributed by atoms with Gasteiger partial charge in [-0.05, 0) is 57.2 Å². The maximum atomic E-state index is 12.1. The monoisotopic (exact) mass is 343 g/mol. The van der Waals surface area contributed by atoms with Crippen LogP contribution >= 0.6 is 15.9 Å². The fourth-order valence-corrected chi connectivity index (χ4v) is 2.53. The Hall–Kier alpha value is -1.03. The molecule has 0 aromatic heterocycles. The summed E-state index contributed by atoms with van der Waals surface area (Å²) < 4.78 is 37.6. The second kappa shape index (κ2) is 6.17. The number of carbonyl (C=O) groups excluding carboxylic acids is 1. The van der Waals surface area contributed by atoms with Gasteiger partial charge in [-0.1, -0.05) is 28.0 Å². The number of benzene rings is 1. The predicted octanol–water partition coefficient (Wildman–Crippen LogP) is 4.56. The highest BCUT2D eigenvalue weighted by atomic mass is 79.9. The molecule has 1 amide bonds. The van der Waals surface area contributed by atoms with Gasteiger partial charge in [-0.25, -0.2) is 4.79 Å². The van der Waals surface area contributed by atoms with Gasteiger partial charge in [0, 0.05) is 17.6 Å². The standard InChI is InChI=1S/C16H22BrNO2/c1-16(2,3)20-15(19)18-9-7-12(8-10-18)13-5-4-6-14(17)11-13/h4-6,11-12H,7-10H2,1-3H3/i4D,5D,6D,11D. The number of hydrogen-bond acceptors (Lipinski definition) is 2. The molecule has 0 saturated carbocycles. The normalized spacial score (nSPS) is 19.9. The predicted molar refractivity (Wildman–Crippen MR) is 83.9 cm³/mol. The van der Waals surface area contributed by atoms with Gasteiger partial charge in [0.25, 0.3) is 0 Å². The fraction of sp³-hybridized carbons (Fsp3) is 0.562. The van der Waals surface area contributed by atoms with Gasteiger partial charge in [-0.2, -0.15) is 0 Å². The lowest BCUT2D eigenvalue weighted by molar-refractivity contribution is 0.0205. The van der Waals surface area contributed by atoms with Crippen molar-refractivity contribution >= 4 is 22.0 Å². The number of hydrogen-bond donors (Lipinski definition) is 0. The van der Waals surface area contributed by atoms with Gasteiger partial charge in [0.1, 0.15) is 5.60 Å². The molecule has 0 aliphatic carbocycles. The van der Waals surface area contributed by atoms with E-state index in [1.807, 2.05) is 20.8 Å². The molecule has 0 spiro atoms. The summed E-state index contributed by atoms with van der Waals surface area (Å²) in [6, 6.07) is -0.233. The molecule has 4 heteroatoms. The number of rotatable bonds is 1. The second-order valence-corrected chi connectivity index (χ2v) is 6.76. The van der Waals surface area contributed by atoms with Gasteiger partial charge in [0.05, 0.1) is 5.48 Å². The first-order valence-corrected chi connectivity index (χ1v) is 7.56. The molecule has 0 N–H and O–H groups in total. The molecule has 1 aliphatic heterocycles. The smallest absolute Gasteiger partial charge is 0.410 e. The van der Waals surface area contributed by atoms with Crippen LogP contribution in [0.1, 0.15) is 50.6 Å². The maximum Gasteiger partial charge on any atom is 0.410 e. The topological polar surface area (TPSA) is 29.5 Å². The molecule has 2 rings (SSSR count). The molecular formula is C16H22BrNO2. The van der Waals surface area contributed by atoms with Crippen LogP contribution in [0.15, 0.2) is 28.6 Å². The van der Waals surface area contributed by atoms with Crippen LogP contribution < -0.4 is 0 Å². The molecule has 0 atom stereocenters. The van der Waals surface area contributed by atoms with Crippen LogP contribution in [-0.2, 0) is 4.74 Å². The second-order valence-electron chi connectivity index (χ2n) is 5.97. The van der Waals surface area contributed by atoms with Gasteiger partial charge in [-0.15, -0.1) is 0 Å². The number of likely N-dealkylation sites (tertiary alicyclic amines) is 1. The molecule has 1 fully saturated rings. The molecule has 1 aliphatic rings.